The van der Waals surface area contributed by atoms with Gasteiger partial charge in [-0.25, -0.2) is 17.1 Å². The second-order valence-electron chi connectivity index (χ2n) is 5.05. The second kappa shape index (κ2) is 6.29. The Hall–Kier alpha value is -1.18. The van der Waals surface area contributed by atoms with Crippen LogP contribution in [0.2, 0.25) is 5.02 Å². The number of piperidine rings is 1. The number of carbonyl (C=O) groups excluding carboxylic acids is 1. The van der Waals surface area contributed by atoms with Crippen molar-refractivity contribution in [3.8, 4) is 0 Å². The van der Waals surface area contributed by atoms with Gasteiger partial charge in [0.1, 0.15) is 0 Å². The molecule has 1 aliphatic heterocycles. The molecule has 21 heavy (non-hydrogen) atoms. The minimum absolute atomic E-state index is 0.00368. The number of hydrogen-bond acceptors (Lipinski definition) is 3. The first-order valence-electron chi connectivity index (χ1n) is 6.49. The van der Waals surface area contributed by atoms with Crippen molar-refractivity contribution in [3.63, 3.8) is 0 Å². The van der Waals surface area contributed by atoms with Crippen LogP contribution in [0.15, 0.2) is 18.2 Å². The summed E-state index contributed by atoms with van der Waals surface area (Å²) in [6.07, 6.45) is 2.28. The molecule has 0 bridgehead atoms. The predicted molar refractivity (Wildman–Crippen MR) is 79.2 cm³/mol. The fourth-order valence-corrected chi connectivity index (χ4v) is 3.38. The van der Waals surface area contributed by atoms with Crippen LogP contribution in [-0.4, -0.2) is 38.0 Å². The molecule has 5 nitrogen and oxygen atoms in total. The monoisotopic (exact) mass is 334 g/mol. The van der Waals surface area contributed by atoms with E-state index < -0.39 is 27.7 Å². The van der Waals surface area contributed by atoms with Gasteiger partial charge in [-0.05, 0) is 25.0 Å². The van der Waals surface area contributed by atoms with Crippen LogP contribution >= 0.6 is 11.6 Å². The van der Waals surface area contributed by atoms with Crippen molar-refractivity contribution < 1.29 is 17.6 Å². The highest BCUT2D eigenvalue weighted by molar-refractivity contribution is 7.88. The summed E-state index contributed by atoms with van der Waals surface area (Å²) in [5, 5.41) is 2.40. The van der Waals surface area contributed by atoms with Crippen molar-refractivity contribution in [2.75, 3.05) is 24.7 Å². The summed E-state index contributed by atoms with van der Waals surface area (Å²) in [6, 6.07) is 4.33. The molecule has 1 unspecified atom stereocenters. The van der Waals surface area contributed by atoms with Crippen LogP contribution in [-0.2, 0) is 14.8 Å². The molecule has 1 aromatic rings. The van der Waals surface area contributed by atoms with Crippen LogP contribution in [0.5, 0.6) is 0 Å². The molecule has 8 heteroatoms. The Kier molecular flexibility index (Phi) is 4.85. The molecule has 1 saturated heterocycles. The van der Waals surface area contributed by atoms with Gasteiger partial charge in [0.05, 0.1) is 22.9 Å². The molecule has 1 heterocycles. The number of nitrogens with zero attached hydrogens (tertiary/aromatic N) is 1. The topological polar surface area (TPSA) is 66.5 Å². The van der Waals surface area contributed by atoms with Crippen molar-refractivity contribution in [2.45, 2.75) is 12.8 Å². The SMILES string of the molecule is CS(=O)(=O)N1CCCC(C(=O)Nc2cccc(Cl)c2F)C1. The van der Waals surface area contributed by atoms with Gasteiger partial charge in [0.25, 0.3) is 0 Å². The molecule has 1 aromatic carbocycles. The first kappa shape index (κ1) is 16.2. The number of anilines is 1. The summed E-state index contributed by atoms with van der Waals surface area (Å²) in [6.45, 7) is 0.529. The van der Waals surface area contributed by atoms with E-state index in [1.807, 2.05) is 0 Å². The van der Waals surface area contributed by atoms with Gasteiger partial charge < -0.3 is 5.32 Å². The number of rotatable bonds is 3. The number of nitrogens with one attached hydrogen (secondary N) is 1. The lowest BCUT2D eigenvalue weighted by Crippen LogP contribution is -2.43. The van der Waals surface area contributed by atoms with Crippen molar-refractivity contribution in [1.82, 2.24) is 4.31 Å². The molecule has 0 aliphatic carbocycles. The van der Waals surface area contributed by atoms with Crippen LogP contribution in [0.3, 0.4) is 0 Å². The first-order valence-corrected chi connectivity index (χ1v) is 8.71. The van der Waals surface area contributed by atoms with Gasteiger partial charge in [-0.3, -0.25) is 4.79 Å². The maximum Gasteiger partial charge on any atom is 0.228 e. The Morgan fingerprint density at radius 3 is 2.86 bits per heavy atom. The number of carbonyl (C=O) groups is 1. The molecule has 2 rings (SSSR count). The van der Waals surface area contributed by atoms with Crippen molar-refractivity contribution in [2.24, 2.45) is 5.92 Å². The van der Waals surface area contributed by atoms with Gasteiger partial charge in [-0.2, -0.15) is 0 Å². The Labute approximate surface area is 128 Å². The molecule has 0 radical (unpaired) electrons. The van der Waals surface area contributed by atoms with E-state index in [-0.39, 0.29) is 17.3 Å². The largest absolute Gasteiger partial charge is 0.323 e. The van der Waals surface area contributed by atoms with Crippen molar-refractivity contribution >= 4 is 33.2 Å². The number of benzene rings is 1. The molecule has 1 atom stereocenters. The minimum atomic E-state index is -3.32. The quantitative estimate of drug-likeness (QED) is 0.920. The van der Waals surface area contributed by atoms with E-state index in [9.17, 15) is 17.6 Å². The molecule has 116 valence electrons. The van der Waals surface area contributed by atoms with Crippen LogP contribution in [0.25, 0.3) is 0 Å². The normalized spacial score (nSPS) is 20.2. The van der Waals surface area contributed by atoms with Crippen molar-refractivity contribution in [3.05, 3.63) is 29.0 Å². The smallest absolute Gasteiger partial charge is 0.228 e. The molecule has 1 N–H and O–H groups in total. The van der Waals surface area contributed by atoms with E-state index in [0.29, 0.717) is 19.4 Å². The number of amides is 1. The van der Waals surface area contributed by atoms with Crippen LogP contribution in [0.1, 0.15) is 12.8 Å². The van der Waals surface area contributed by atoms with Gasteiger partial charge in [-0.15, -0.1) is 0 Å². The van der Waals surface area contributed by atoms with E-state index in [2.05, 4.69) is 5.32 Å². The third kappa shape index (κ3) is 3.93. The Morgan fingerprint density at radius 2 is 2.19 bits per heavy atom. The van der Waals surface area contributed by atoms with E-state index in [1.54, 1.807) is 0 Å². The summed E-state index contributed by atoms with van der Waals surface area (Å²) < 4.78 is 38.1. The average Bonchev–Trinajstić information content (AvgIpc) is 2.43. The number of hydrogen-bond donors (Lipinski definition) is 1. The molecular weight excluding hydrogens is 319 g/mol. The van der Waals surface area contributed by atoms with Gasteiger partial charge in [-0.1, -0.05) is 17.7 Å². The molecule has 1 aliphatic rings. The minimum Gasteiger partial charge on any atom is -0.323 e. The Balaban J connectivity index is 2.08. The van der Waals surface area contributed by atoms with Gasteiger partial charge in [0, 0.05) is 13.1 Å². The summed E-state index contributed by atoms with van der Waals surface area (Å²) in [5.41, 5.74) is 0.00368. The predicted octanol–water partition coefficient (Wildman–Crippen LogP) is 2.09. The fraction of sp³-hybridized carbons (Fsp3) is 0.462. The Bertz CT molecular complexity index is 651. The highest BCUT2D eigenvalue weighted by Gasteiger charge is 2.30. The average molecular weight is 335 g/mol. The molecule has 0 aromatic heterocycles. The maximum atomic E-state index is 13.7. The standard InChI is InChI=1S/C13H16ClFN2O3S/c1-21(19,20)17-7-3-4-9(8-17)13(18)16-11-6-2-5-10(14)12(11)15/h2,5-6,9H,3-4,7-8H2,1H3,(H,16,18). The van der Waals surface area contributed by atoms with E-state index >= 15 is 0 Å². The zero-order valence-electron chi connectivity index (χ0n) is 11.5. The van der Waals surface area contributed by atoms with E-state index in [0.717, 1.165) is 6.26 Å². The molecule has 0 saturated carbocycles. The number of halogens is 2. The molecular formula is C13H16ClFN2O3S. The first-order chi connectivity index (χ1) is 9.79. The van der Waals surface area contributed by atoms with Gasteiger partial charge >= 0.3 is 0 Å². The summed E-state index contributed by atoms with van der Waals surface area (Å²) in [4.78, 5) is 12.2. The van der Waals surface area contributed by atoms with Gasteiger partial charge in [0.2, 0.25) is 15.9 Å². The highest BCUT2D eigenvalue weighted by atomic mass is 35.5. The lowest BCUT2D eigenvalue weighted by molar-refractivity contribution is -0.120. The third-order valence-electron chi connectivity index (χ3n) is 3.43. The third-order valence-corrected chi connectivity index (χ3v) is 4.99. The van der Waals surface area contributed by atoms with Crippen LogP contribution in [0.4, 0.5) is 10.1 Å². The fourth-order valence-electron chi connectivity index (χ4n) is 2.29. The second-order valence-corrected chi connectivity index (χ2v) is 7.44. The van der Waals surface area contributed by atoms with E-state index in [1.165, 1.54) is 22.5 Å². The van der Waals surface area contributed by atoms with Crippen LogP contribution < -0.4 is 5.32 Å². The zero-order chi connectivity index (χ0) is 15.6. The van der Waals surface area contributed by atoms with Crippen LogP contribution in [0, 0.1) is 11.7 Å². The summed E-state index contributed by atoms with van der Waals surface area (Å²) in [5.74, 6) is -1.58. The molecule has 0 spiro atoms. The summed E-state index contributed by atoms with van der Waals surface area (Å²) >= 11 is 5.65. The molecule has 1 amide bonds. The lowest BCUT2D eigenvalue weighted by atomic mass is 9.98. The van der Waals surface area contributed by atoms with E-state index in [4.69, 9.17) is 11.6 Å². The Morgan fingerprint density at radius 1 is 1.48 bits per heavy atom. The van der Waals surface area contributed by atoms with Crippen molar-refractivity contribution in [1.29, 1.82) is 0 Å². The highest BCUT2D eigenvalue weighted by Crippen LogP contribution is 2.24. The van der Waals surface area contributed by atoms with Gasteiger partial charge in [0.15, 0.2) is 5.82 Å². The summed E-state index contributed by atoms with van der Waals surface area (Å²) in [7, 11) is -3.32. The maximum absolute atomic E-state index is 13.7. The lowest BCUT2D eigenvalue weighted by Gasteiger charge is -2.30. The zero-order valence-corrected chi connectivity index (χ0v) is 13.0. The number of sulfonamides is 1. The molecule has 1 fully saturated rings.